The van der Waals surface area contributed by atoms with Crippen LogP contribution in [-0.4, -0.2) is 22.8 Å². The number of nitrogens with zero attached hydrogens (tertiary/aromatic N) is 1. The Balaban J connectivity index is 1.61. The molecule has 1 saturated carbocycles. The number of pyridine rings is 1. The van der Waals surface area contributed by atoms with Gasteiger partial charge in [-0.15, -0.1) is 0 Å². The number of nitrogens with one attached hydrogen (secondary N) is 2. The lowest BCUT2D eigenvalue weighted by Gasteiger charge is -2.25. The summed E-state index contributed by atoms with van der Waals surface area (Å²) in [5.74, 6) is -0.198. The van der Waals surface area contributed by atoms with E-state index >= 15 is 0 Å². The molecule has 3 aromatic rings. The molecule has 4 N–H and O–H groups in total. The van der Waals surface area contributed by atoms with E-state index in [0.717, 1.165) is 31.2 Å². The maximum absolute atomic E-state index is 12.9. The summed E-state index contributed by atoms with van der Waals surface area (Å²) >= 11 is 0. The van der Waals surface area contributed by atoms with Gasteiger partial charge >= 0.3 is 0 Å². The van der Waals surface area contributed by atoms with Gasteiger partial charge in [0.1, 0.15) is 17.1 Å². The fourth-order valence-corrected chi connectivity index (χ4v) is 3.65. The van der Waals surface area contributed by atoms with Gasteiger partial charge in [-0.2, -0.15) is 0 Å². The van der Waals surface area contributed by atoms with Crippen molar-refractivity contribution in [2.24, 2.45) is 11.7 Å². The fourth-order valence-electron chi connectivity index (χ4n) is 3.65. The summed E-state index contributed by atoms with van der Waals surface area (Å²) in [6.07, 6.45) is 4.83. The number of aromatic nitrogens is 1. The number of fused-ring (bicyclic) bond motifs is 1. The molecule has 0 atom stereocenters. The summed E-state index contributed by atoms with van der Waals surface area (Å²) < 4.78 is 5.79. The van der Waals surface area contributed by atoms with Gasteiger partial charge in [0.15, 0.2) is 0 Å². The quantitative estimate of drug-likeness (QED) is 0.625. The number of furan rings is 1. The molecule has 0 aliphatic heterocycles. The Labute approximate surface area is 168 Å². The zero-order valence-electron chi connectivity index (χ0n) is 16.3. The molecule has 4 rings (SSSR count). The molecule has 7 nitrogen and oxygen atoms in total. The summed E-state index contributed by atoms with van der Waals surface area (Å²) in [6, 6.07) is 11.0. The van der Waals surface area contributed by atoms with Crippen LogP contribution in [0.25, 0.3) is 11.0 Å². The minimum atomic E-state index is -0.460. The van der Waals surface area contributed by atoms with Crippen LogP contribution < -0.4 is 16.4 Å². The maximum atomic E-state index is 12.9. The summed E-state index contributed by atoms with van der Waals surface area (Å²) in [6.45, 7) is 1.92. The molecule has 0 spiro atoms. The largest absolute Gasteiger partial charge is 0.449 e. The summed E-state index contributed by atoms with van der Waals surface area (Å²) in [5.41, 5.74) is 7.87. The first-order valence-corrected chi connectivity index (χ1v) is 9.83. The highest BCUT2D eigenvalue weighted by molar-refractivity contribution is 6.14. The van der Waals surface area contributed by atoms with E-state index in [1.165, 1.54) is 0 Å². The van der Waals surface area contributed by atoms with Gasteiger partial charge in [0.05, 0.1) is 0 Å². The molecule has 29 heavy (non-hydrogen) atoms. The van der Waals surface area contributed by atoms with E-state index in [0.29, 0.717) is 22.5 Å². The number of carbonyl (C=O) groups is 2. The van der Waals surface area contributed by atoms with E-state index in [2.05, 4.69) is 15.6 Å². The van der Waals surface area contributed by atoms with Gasteiger partial charge < -0.3 is 20.8 Å². The Morgan fingerprint density at radius 3 is 2.55 bits per heavy atom. The highest BCUT2D eigenvalue weighted by Crippen LogP contribution is 2.33. The lowest BCUT2D eigenvalue weighted by Crippen LogP contribution is -2.32. The lowest BCUT2D eigenvalue weighted by atomic mass is 9.86. The molecule has 0 radical (unpaired) electrons. The number of hydrogen-bond donors (Lipinski definition) is 3. The second-order valence-electron chi connectivity index (χ2n) is 7.58. The van der Waals surface area contributed by atoms with E-state index in [1.54, 1.807) is 18.3 Å². The highest BCUT2D eigenvalue weighted by atomic mass is 16.3. The van der Waals surface area contributed by atoms with Gasteiger partial charge in [0.2, 0.25) is 11.7 Å². The Hall–Kier alpha value is -3.19. The second-order valence-corrected chi connectivity index (χ2v) is 7.58. The monoisotopic (exact) mass is 392 g/mol. The average molecular weight is 392 g/mol. The van der Waals surface area contributed by atoms with Crippen LogP contribution in [0.3, 0.4) is 0 Å². The number of hydrogen-bond acceptors (Lipinski definition) is 5. The minimum Gasteiger partial charge on any atom is -0.449 e. The molecule has 2 heterocycles. The van der Waals surface area contributed by atoms with Crippen LogP contribution in [0.15, 0.2) is 47.0 Å². The predicted octanol–water partition coefficient (Wildman–Crippen LogP) is 3.84. The Bertz CT molecular complexity index is 1030. The number of para-hydroxylation sites is 1. The molecule has 7 heteroatoms. The van der Waals surface area contributed by atoms with Crippen LogP contribution in [-0.2, 0) is 4.79 Å². The molecule has 0 bridgehead atoms. The third-order valence-corrected chi connectivity index (χ3v) is 5.35. The second kappa shape index (κ2) is 8.05. The number of amides is 2. The van der Waals surface area contributed by atoms with Gasteiger partial charge in [-0.3, -0.25) is 9.59 Å². The van der Waals surface area contributed by atoms with E-state index in [1.807, 2.05) is 31.2 Å². The number of rotatable bonds is 4. The molecular formula is C22H24N4O3. The number of anilines is 2. The topological polar surface area (TPSA) is 110 Å². The molecule has 2 aromatic heterocycles. The van der Waals surface area contributed by atoms with Crippen molar-refractivity contribution in [2.45, 2.75) is 38.6 Å². The number of nitrogens with two attached hydrogens (primary N) is 1. The van der Waals surface area contributed by atoms with Gasteiger partial charge in [0.25, 0.3) is 5.91 Å². The van der Waals surface area contributed by atoms with Crippen LogP contribution in [0.2, 0.25) is 0 Å². The van der Waals surface area contributed by atoms with Crippen molar-refractivity contribution >= 4 is 34.3 Å². The molecule has 1 aliphatic carbocycles. The SMILES string of the molecule is Cc1ccc(NC(=O)c2oc3ccccc3c2NC(=O)C2CCC(N)CC2)nc1. The van der Waals surface area contributed by atoms with Crippen molar-refractivity contribution < 1.29 is 14.0 Å². The van der Waals surface area contributed by atoms with E-state index in [-0.39, 0.29) is 23.6 Å². The molecular weight excluding hydrogens is 368 g/mol. The van der Waals surface area contributed by atoms with Gasteiger partial charge in [-0.05, 0) is 56.4 Å². The Morgan fingerprint density at radius 2 is 1.83 bits per heavy atom. The predicted molar refractivity (Wildman–Crippen MR) is 112 cm³/mol. The molecule has 1 fully saturated rings. The van der Waals surface area contributed by atoms with Crippen LogP contribution in [0, 0.1) is 12.8 Å². The molecule has 0 saturated heterocycles. The van der Waals surface area contributed by atoms with Crippen LogP contribution in [0.5, 0.6) is 0 Å². The van der Waals surface area contributed by atoms with Crippen molar-refractivity contribution in [3.05, 3.63) is 53.9 Å². The first-order valence-electron chi connectivity index (χ1n) is 9.83. The highest BCUT2D eigenvalue weighted by Gasteiger charge is 2.28. The zero-order valence-corrected chi connectivity index (χ0v) is 16.3. The summed E-state index contributed by atoms with van der Waals surface area (Å²) in [4.78, 5) is 29.9. The smallest absolute Gasteiger partial charge is 0.294 e. The summed E-state index contributed by atoms with van der Waals surface area (Å²) in [5, 5.41) is 6.36. The number of carbonyl (C=O) groups excluding carboxylic acids is 2. The third kappa shape index (κ3) is 4.14. The Kier molecular flexibility index (Phi) is 5.31. The van der Waals surface area contributed by atoms with Crippen molar-refractivity contribution in [1.29, 1.82) is 0 Å². The molecule has 1 aliphatic rings. The first kappa shape index (κ1) is 19.1. The maximum Gasteiger partial charge on any atom is 0.294 e. The fraction of sp³-hybridized carbons (Fsp3) is 0.318. The van der Waals surface area contributed by atoms with Crippen LogP contribution >= 0.6 is 0 Å². The molecule has 0 unspecified atom stereocenters. The first-order chi connectivity index (χ1) is 14.0. The third-order valence-electron chi connectivity index (χ3n) is 5.35. The standard InChI is InChI=1S/C22H24N4O3/c1-13-6-11-18(24-12-13)25-22(28)20-19(16-4-2-3-5-17(16)29-20)26-21(27)14-7-9-15(23)10-8-14/h2-6,11-12,14-15H,7-10,23H2,1H3,(H,26,27)(H,24,25,28). The van der Waals surface area contributed by atoms with Crippen LogP contribution in [0.1, 0.15) is 41.8 Å². The normalized spacial score (nSPS) is 19.1. The van der Waals surface area contributed by atoms with E-state index in [9.17, 15) is 9.59 Å². The summed E-state index contributed by atoms with van der Waals surface area (Å²) in [7, 11) is 0. The molecule has 2 amide bonds. The minimum absolute atomic E-state index is 0.0643. The van der Waals surface area contributed by atoms with E-state index < -0.39 is 5.91 Å². The number of aryl methyl sites for hydroxylation is 1. The number of benzene rings is 1. The van der Waals surface area contributed by atoms with Crippen molar-refractivity contribution in [1.82, 2.24) is 4.98 Å². The average Bonchev–Trinajstić information content (AvgIpc) is 3.09. The lowest BCUT2D eigenvalue weighted by molar-refractivity contribution is -0.120. The van der Waals surface area contributed by atoms with E-state index in [4.69, 9.17) is 10.2 Å². The van der Waals surface area contributed by atoms with Gasteiger partial charge in [0, 0.05) is 23.5 Å². The van der Waals surface area contributed by atoms with Crippen molar-refractivity contribution in [3.8, 4) is 0 Å². The van der Waals surface area contributed by atoms with Crippen molar-refractivity contribution in [3.63, 3.8) is 0 Å². The van der Waals surface area contributed by atoms with Gasteiger partial charge in [-0.25, -0.2) is 4.98 Å². The van der Waals surface area contributed by atoms with Crippen molar-refractivity contribution in [2.75, 3.05) is 10.6 Å². The zero-order chi connectivity index (χ0) is 20.4. The van der Waals surface area contributed by atoms with Crippen LogP contribution in [0.4, 0.5) is 11.5 Å². The molecule has 1 aromatic carbocycles. The Morgan fingerprint density at radius 1 is 1.07 bits per heavy atom. The molecule has 150 valence electrons. The van der Waals surface area contributed by atoms with Gasteiger partial charge in [-0.1, -0.05) is 18.2 Å².